The molecule has 8 heteroatoms. The van der Waals surface area contributed by atoms with Crippen LogP contribution in [0.2, 0.25) is 0 Å². The minimum atomic E-state index is -1.03. The second-order valence-electron chi connectivity index (χ2n) is 5.77. The van der Waals surface area contributed by atoms with Gasteiger partial charge in [0.1, 0.15) is 12.1 Å². The molecule has 0 radical (unpaired) electrons. The number of rotatable bonds is 7. The Hall–Kier alpha value is -2.40. The molecule has 130 valence electrons. The molecule has 1 atom stereocenters. The summed E-state index contributed by atoms with van der Waals surface area (Å²) < 4.78 is 4.79. The van der Waals surface area contributed by atoms with Gasteiger partial charge in [0.25, 0.3) is 11.8 Å². The first-order chi connectivity index (χ1) is 11.2. The highest BCUT2D eigenvalue weighted by atomic mass is 32.1. The van der Waals surface area contributed by atoms with E-state index in [1.165, 1.54) is 11.3 Å². The molecule has 7 nitrogen and oxygen atoms in total. The Balaban J connectivity index is 2.37. The Morgan fingerprint density at radius 1 is 1.38 bits per heavy atom. The fourth-order valence-corrected chi connectivity index (χ4v) is 2.40. The molecule has 1 heterocycles. The molecule has 0 fully saturated rings. The van der Waals surface area contributed by atoms with Crippen molar-refractivity contribution in [3.63, 3.8) is 0 Å². The minimum absolute atomic E-state index is 0.101. The van der Waals surface area contributed by atoms with Gasteiger partial charge in [-0.05, 0) is 31.9 Å². The molecule has 0 aromatic carbocycles. The van der Waals surface area contributed by atoms with Crippen molar-refractivity contribution in [2.24, 2.45) is 5.92 Å². The van der Waals surface area contributed by atoms with Gasteiger partial charge < -0.3 is 15.4 Å². The third-order valence-electron chi connectivity index (χ3n) is 3.51. The van der Waals surface area contributed by atoms with Crippen LogP contribution in [0.25, 0.3) is 0 Å². The van der Waals surface area contributed by atoms with Crippen LogP contribution >= 0.6 is 11.3 Å². The number of nitrogens with zero attached hydrogens (tertiary/aromatic N) is 1. The van der Waals surface area contributed by atoms with Gasteiger partial charge in [-0.2, -0.15) is 5.26 Å². The fraction of sp³-hybridized carbons (Fsp3) is 0.500. The molecular weight excluding hydrogens is 330 g/mol. The first-order valence-corrected chi connectivity index (χ1v) is 8.22. The molecule has 24 heavy (non-hydrogen) atoms. The Bertz CT molecular complexity index is 663. The number of carbonyl (C=O) groups is 3. The minimum Gasteiger partial charge on any atom is -0.454 e. The molecule has 0 bridgehead atoms. The van der Waals surface area contributed by atoms with Crippen LogP contribution in [0.1, 0.15) is 35.3 Å². The van der Waals surface area contributed by atoms with E-state index in [0.29, 0.717) is 4.88 Å². The summed E-state index contributed by atoms with van der Waals surface area (Å²) in [6, 6.07) is 5.51. The number of nitrogens with one attached hydrogen (secondary N) is 2. The molecule has 0 spiro atoms. The fourth-order valence-electron chi connectivity index (χ4n) is 1.62. The zero-order valence-electron chi connectivity index (χ0n) is 14.1. The van der Waals surface area contributed by atoms with Crippen molar-refractivity contribution in [1.82, 2.24) is 10.6 Å². The van der Waals surface area contributed by atoms with Crippen molar-refractivity contribution in [2.75, 3.05) is 13.2 Å². The van der Waals surface area contributed by atoms with Gasteiger partial charge in [0.15, 0.2) is 6.61 Å². The van der Waals surface area contributed by atoms with Crippen LogP contribution in [0.15, 0.2) is 12.1 Å². The van der Waals surface area contributed by atoms with E-state index in [4.69, 9.17) is 10.00 Å². The maximum absolute atomic E-state index is 11.8. The maximum atomic E-state index is 11.8. The molecule has 2 amide bonds. The van der Waals surface area contributed by atoms with Crippen molar-refractivity contribution < 1.29 is 19.1 Å². The van der Waals surface area contributed by atoms with E-state index in [2.05, 4.69) is 10.6 Å². The molecule has 0 aliphatic heterocycles. The number of aryl methyl sites for hydroxylation is 1. The SMILES string of the molecule is Cc1ccc(C(=O)NCC(=O)OCC(=O)N[C@@](C)(C#N)C(C)C)s1. The molecule has 2 N–H and O–H groups in total. The highest BCUT2D eigenvalue weighted by molar-refractivity contribution is 7.13. The molecule has 1 aromatic heterocycles. The summed E-state index contributed by atoms with van der Waals surface area (Å²) in [7, 11) is 0. The second-order valence-corrected chi connectivity index (χ2v) is 7.06. The third-order valence-corrected chi connectivity index (χ3v) is 4.51. The van der Waals surface area contributed by atoms with E-state index in [1.54, 1.807) is 26.8 Å². The Morgan fingerprint density at radius 2 is 2.04 bits per heavy atom. The van der Waals surface area contributed by atoms with Gasteiger partial charge in [-0.25, -0.2) is 0 Å². The normalized spacial score (nSPS) is 12.8. The third kappa shape index (κ3) is 5.66. The molecule has 1 aromatic rings. The number of amides is 2. The Labute approximate surface area is 145 Å². The molecule has 0 saturated heterocycles. The van der Waals surface area contributed by atoms with E-state index in [1.807, 2.05) is 19.1 Å². The van der Waals surface area contributed by atoms with Crippen molar-refractivity contribution in [3.05, 3.63) is 21.9 Å². The van der Waals surface area contributed by atoms with Crippen LogP contribution in [-0.2, 0) is 14.3 Å². The topological polar surface area (TPSA) is 108 Å². The first kappa shape index (κ1) is 19.6. The van der Waals surface area contributed by atoms with Gasteiger partial charge in [-0.15, -0.1) is 11.3 Å². The van der Waals surface area contributed by atoms with E-state index in [-0.39, 0.29) is 18.4 Å². The van der Waals surface area contributed by atoms with E-state index >= 15 is 0 Å². The molecular formula is C16H21N3O4S. The van der Waals surface area contributed by atoms with Gasteiger partial charge in [0, 0.05) is 4.88 Å². The second kappa shape index (κ2) is 8.45. The lowest BCUT2D eigenvalue weighted by molar-refractivity contribution is -0.147. The predicted octanol–water partition coefficient (Wildman–Crippen LogP) is 1.38. The summed E-state index contributed by atoms with van der Waals surface area (Å²) in [6.45, 7) is 6.25. The van der Waals surface area contributed by atoms with Gasteiger partial charge >= 0.3 is 5.97 Å². The van der Waals surface area contributed by atoms with E-state index in [9.17, 15) is 14.4 Å². The van der Waals surface area contributed by atoms with Crippen LogP contribution in [0.3, 0.4) is 0 Å². The highest BCUT2D eigenvalue weighted by Crippen LogP contribution is 2.15. The summed E-state index contributed by atoms with van der Waals surface area (Å²) >= 11 is 1.32. The van der Waals surface area contributed by atoms with Gasteiger partial charge in [0.05, 0.1) is 10.9 Å². The number of carbonyl (C=O) groups excluding carboxylic acids is 3. The summed E-state index contributed by atoms with van der Waals surface area (Å²) in [4.78, 5) is 36.6. The van der Waals surface area contributed by atoms with Gasteiger partial charge in [-0.3, -0.25) is 14.4 Å². The zero-order valence-corrected chi connectivity index (χ0v) is 15.0. The number of thiophene rings is 1. The zero-order chi connectivity index (χ0) is 18.3. The lowest BCUT2D eigenvalue weighted by Gasteiger charge is -2.27. The number of nitriles is 1. The summed E-state index contributed by atoms with van der Waals surface area (Å²) in [5, 5.41) is 14.1. The average Bonchev–Trinajstić information content (AvgIpc) is 2.96. The van der Waals surface area contributed by atoms with E-state index < -0.39 is 24.0 Å². The molecule has 0 aliphatic rings. The molecule has 1 rings (SSSR count). The number of esters is 1. The lowest BCUT2D eigenvalue weighted by Crippen LogP contribution is -2.50. The standard InChI is InChI=1S/C16H21N3O4S/c1-10(2)16(4,9-17)19-13(20)8-23-14(21)7-18-15(22)12-6-5-11(3)24-12/h5-6,10H,7-8H2,1-4H3,(H,18,22)(H,19,20)/t16-/m0/s1. The molecule has 0 unspecified atom stereocenters. The van der Waals surface area contributed by atoms with Crippen LogP contribution in [-0.4, -0.2) is 36.5 Å². The Morgan fingerprint density at radius 3 is 2.54 bits per heavy atom. The van der Waals surface area contributed by atoms with Crippen molar-refractivity contribution in [1.29, 1.82) is 5.26 Å². The van der Waals surface area contributed by atoms with Crippen LogP contribution in [0, 0.1) is 24.2 Å². The summed E-state index contributed by atoms with van der Waals surface area (Å²) in [6.07, 6.45) is 0. The lowest BCUT2D eigenvalue weighted by atomic mass is 9.90. The smallest absolute Gasteiger partial charge is 0.325 e. The highest BCUT2D eigenvalue weighted by Gasteiger charge is 2.30. The maximum Gasteiger partial charge on any atom is 0.325 e. The molecule has 0 saturated carbocycles. The van der Waals surface area contributed by atoms with Crippen LogP contribution in [0.5, 0.6) is 0 Å². The van der Waals surface area contributed by atoms with E-state index in [0.717, 1.165) is 4.88 Å². The largest absolute Gasteiger partial charge is 0.454 e. The summed E-state index contributed by atoms with van der Waals surface area (Å²) in [5.74, 6) is -1.77. The van der Waals surface area contributed by atoms with Crippen LogP contribution in [0.4, 0.5) is 0 Å². The van der Waals surface area contributed by atoms with Crippen molar-refractivity contribution >= 4 is 29.1 Å². The monoisotopic (exact) mass is 351 g/mol. The number of hydrogen-bond acceptors (Lipinski definition) is 6. The first-order valence-electron chi connectivity index (χ1n) is 7.40. The van der Waals surface area contributed by atoms with Crippen molar-refractivity contribution in [2.45, 2.75) is 33.2 Å². The average molecular weight is 351 g/mol. The quantitative estimate of drug-likeness (QED) is 0.722. The molecule has 0 aliphatic carbocycles. The predicted molar refractivity (Wildman–Crippen MR) is 89.3 cm³/mol. The van der Waals surface area contributed by atoms with Gasteiger partial charge in [-0.1, -0.05) is 13.8 Å². The van der Waals surface area contributed by atoms with Crippen LogP contribution < -0.4 is 10.6 Å². The number of hydrogen-bond donors (Lipinski definition) is 2. The Kier molecular flexibility index (Phi) is 6.92. The van der Waals surface area contributed by atoms with Crippen molar-refractivity contribution in [3.8, 4) is 6.07 Å². The van der Waals surface area contributed by atoms with Gasteiger partial charge in [0.2, 0.25) is 0 Å². The number of ether oxygens (including phenoxy) is 1. The summed E-state index contributed by atoms with van der Waals surface area (Å²) in [5.41, 5.74) is -1.03.